The predicted octanol–water partition coefficient (Wildman–Crippen LogP) is 1.95. The van der Waals surface area contributed by atoms with Gasteiger partial charge in [-0.1, -0.05) is 27.7 Å². The van der Waals surface area contributed by atoms with E-state index in [0.29, 0.717) is 6.61 Å². The SMILES string of the molecule is CC.CC.CCOC(=O)C(C)N. The van der Waals surface area contributed by atoms with Crippen LogP contribution in [0.5, 0.6) is 0 Å². The summed E-state index contributed by atoms with van der Waals surface area (Å²) in [6, 6.07) is -0.491. The van der Waals surface area contributed by atoms with Crippen molar-refractivity contribution in [2.45, 2.75) is 47.6 Å². The lowest BCUT2D eigenvalue weighted by Crippen LogP contribution is -2.28. The van der Waals surface area contributed by atoms with Crippen LogP contribution in [0.2, 0.25) is 0 Å². The molecule has 2 N–H and O–H groups in total. The van der Waals surface area contributed by atoms with Crippen molar-refractivity contribution in [1.29, 1.82) is 0 Å². The number of ether oxygens (including phenoxy) is 1. The van der Waals surface area contributed by atoms with Crippen LogP contribution in [-0.2, 0) is 9.53 Å². The van der Waals surface area contributed by atoms with E-state index < -0.39 is 6.04 Å². The zero-order valence-electron chi connectivity index (χ0n) is 9.18. The highest BCUT2D eigenvalue weighted by molar-refractivity contribution is 5.74. The summed E-state index contributed by atoms with van der Waals surface area (Å²) in [6.45, 7) is 11.7. The molecule has 0 spiro atoms. The van der Waals surface area contributed by atoms with Crippen molar-refractivity contribution < 1.29 is 9.53 Å². The van der Waals surface area contributed by atoms with Gasteiger partial charge in [-0.05, 0) is 13.8 Å². The molecule has 0 aliphatic heterocycles. The molecule has 0 rings (SSSR count). The molecule has 1 unspecified atom stereocenters. The van der Waals surface area contributed by atoms with Crippen molar-refractivity contribution in [2.75, 3.05) is 6.61 Å². The third kappa shape index (κ3) is 16.2. The minimum Gasteiger partial charge on any atom is -0.465 e. The van der Waals surface area contributed by atoms with Crippen molar-refractivity contribution in [3.8, 4) is 0 Å². The molecule has 0 aliphatic carbocycles. The maximum absolute atomic E-state index is 10.4. The van der Waals surface area contributed by atoms with Crippen molar-refractivity contribution >= 4 is 5.97 Å². The molecule has 0 aromatic rings. The van der Waals surface area contributed by atoms with Crippen molar-refractivity contribution in [1.82, 2.24) is 0 Å². The Bertz CT molecular complexity index is 82.6. The van der Waals surface area contributed by atoms with Crippen LogP contribution in [0.25, 0.3) is 0 Å². The van der Waals surface area contributed by atoms with Gasteiger partial charge >= 0.3 is 5.97 Å². The van der Waals surface area contributed by atoms with Gasteiger partial charge in [0.2, 0.25) is 0 Å². The molecule has 0 aromatic carbocycles. The molecule has 0 heterocycles. The summed E-state index contributed by atoms with van der Waals surface area (Å²) in [7, 11) is 0. The Morgan fingerprint density at radius 2 is 1.67 bits per heavy atom. The molecule has 3 nitrogen and oxygen atoms in total. The van der Waals surface area contributed by atoms with E-state index in [2.05, 4.69) is 4.74 Å². The van der Waals surface area contributed by atoms with Gasteiger partial charge in [0, 0.05) is 0 Å². The number of carbonyl (C=O) groups is 1. The van der Waals surface area contributed by atoms with Gasteiger partial charge in [0.25, 0.3) is 0 Å². The summed E-state index contributed by atoms with van der Waals surface area (Å²) < 4.78 is 4.54. The molecule has 0 saturated carbocycles. The molecular weight excluding hydrogens is 154 g/mol. The molecule has 0 aromatic heterocycles. The van der Waals surface area contributed by atoms with E-state index in [9.17, 15) is 4.79 Å². The van der Waals surface area contributed by atoms with Crippen LogP contribution in [0.3, 0.4) is 0 Å². The van der Waals surface area contributed by atoms with E-state index >= 15 is 0 Å². The number of hydrogen-bond acceptors (Lipinski definition) is 3. The highest BCUT2D eigenvalue weighted by atomic mass is 16.5. The number of esters is 1. The maximum Gasteiger partial charge on any atom is 0.322 e. The quantitative estimate of drug-likeness (QED) is 0.656. The van der Waals surface area contributed by atoms with Crippen molar-refractivity contribution in [3.63, 3.8) is 0 Å². The Kier molecular flexibility index (Phi) is 24.5. The van der Waals surface area contributed by atoms with E-state index in [-0.39, 0.29) is 5.97 Å². The second kappa shape index (κ2) is 16.8. The van der Waals surface area contributed by atoms with Crippen LogP contribution >= 0.6 is 0 Å². The fraction of sp³-hybridized carbons (Fsp3) is 0.889. The van der Waals surface area contributed by atoms with Gasteiger partial charge in [0.15, 0.2) is 0 Å². The molecule has 3 heteroatoms. The lowest BCUT2D eigenvalue weighted by atomic mass is 10.4. The van der Waals surface area contributed by atoms with Gasteiger partial charge in [-0.3, -0.25) is 4.79 Å². The van der Waals surface area contributed by atoms with E-state index in [1.807, 2.05) is 27.7 Å². The van der Waals surface area contributed by atoms with E-state index in [0.717, 1.165) is 0 Å². The first-order valence-electron chi connectivity index (χ1n) is 4.60. The molecule has 0 fully saturated rings. The van der Waals surface area contributed by atoms with Crippen LogP contribution in [-0.4, -0.2) is 18.6 Å². The van der Waals surface area contributed by atoms with Crippen LogP contribution in [0, 0.1) is 0 Å². The van der Waals surface area contributed by atoms with Crippen molar-refractivity contribution in [3.05, 3.63) is 0 Å². The average molecular weight is 177 g/mol. The highest BCUT2D eigenvalue weighted by Gasteiger charge is 2.05. The zero-order valence-corrected chi connectivity index (χ0v) is 9.18. The first-order chi connectivity index (χ1) is 5.68. The van der Waals surface area contributed by atoms with Crippen molar-refractivity contribution in [2.24, 2.45) is 5.73 Å². The molecule has 1 atom stereocenters. The van der Waals surface area contributed by atoms with E-state index in [1.54, 1.807) is 13.8 Å². The van der Waals surface area contributed by atoms with Gasteiger partial charge < -0.3 is 10.5 Å². The highest BCUT2D eigenvalue weighted by Crippen LogP contribution is 1.80. The smallest absolute Gasteiger partial charge is 0.322 e. The first kappa shape index (κ1) is 17.5. The molecule has 0 radical (unpaired) electrons. The second-order valence-corrected chi connectivity index (χ2v) is 1.54. The van der Waals surface area contributed by atoms with Gasteiger partial charge in [0.1, 0.15) is 6.04 Å². The third-order valence-corrected chi connectivity index (χ3v) is 0.658. The molecular formula is C9H23NO2. The summed E-state index contributed by atoms with van der Waals surface area (Å²) in [5.41, 5.74) is 5.15. The first-order valence-corrected chi connectivity index (χ1v) is 4.60. The molecule has 0 saturated heterocycles. The monoisotopic (exact) mass is 177 g/mol. The van der Waals surface area contributed by atoms with Gasteiger partial charge in [-0.15, -0.1) is 0 Å². The lowest BCUT2D eigenvalue weighted by molar-refractivity contribution is -0.144. The Morgan fingerprint density at radius 1 is 1.33 bits per heavy atom. The summed E-state index contributed by atoms with van der Waals surface area (Å²) in [5, 5.41) is 0. The summed E-state index contributed by atoms with van der Waals surface area (Å²) in [6.07, 6.45) is 0. The van der Waals surface area contributed by atoms with Crippen LogP contribution in [0.1, 0.15) is 41.5 Å². The average Bonchev–Trinajstić information content (AvgIpc) is 2.12. The zero-order chi connectivity index (χ0) is 10.6. The molecule has 0 amide bonds. The number of carbonyl (C=O) groups excluding carboxylic acids is 1. The van der Waals surface area contributed by atoms with Gasteiger partial charge in [-0.25, -0.2) is 0 Å². The normalized spacial score (nSPS) is 9.58. The van der Waals surface area contributed by atoms with E-state index in [4.69, 9.17) is 5.73 Å². The van der Waals surface area contributed by atoms with Gasteiger partial charge in [-0.2, -0.15) is 0 Å². The number of hydrogen-bond donors (Lipinski definition) is 1. The summed E-state index contributed by atoms with van der Waals surface area (Å²) >= 11 is 0. The Balaban J connectivity index is -0.000000175. The molecule has 12 heavy (non-hydrogen) atoms. The largest absolute Gasteiger partial charge is 0.465 e. The Morgan fingerprint density at radius 3 is 1.75 bits per heavy atom. The van der Waals surface area contributed by atoms with Crippen LogP contribution in [0.15, 0.2) is 0 Å². The molecule has 0 aliphatic rings. The van der Waals surface area contributed by atoms with Crippen LogP contribution < -0.4 is 5.73 Å². The number of nitrogens with two attached hydrogens (primary N) is 1. The van der Waals surface area contributed by atoms with E-state index in [1.165, 1.54) is 0 Å². The third-order valence-electron chi connectivity index (χ3n) is 0.658. The standard InChI is InChI=1S/C5H11NO2.2C2H6/c1-3-8-5(7)4(2)6;2*1-2/h4H,3,6H2,1-2H3;2*1-2H3. The number of rotatable bonds is 2. The molecule has 76 valence electrons. The van der Waals surface area contributed by atoms with Crippen LogP contribution in [0.4, 0.5) is 0 Å². The Labute approximate surface area is 76.3 Å². The Hall–Kier alpha value is -0.570. The minimum atomic E-state index is -0.491. The maximum atomic E-state index is 10.4. The van der Waals surface area contributed by atoms with Gasteiger partial charge in [0.05, 0.1) is 6.61 Å². The lowest BCUT2D eigenvalue weighted by Gasteiger charge is -2.02. The minimum absolute atomic E-state index is 0.340. The predicted molar refractivity (Wildman–Crippen MR) is 53.0 cm³/mol. The molecule has 0 bridgehead atoms. The topological polar surface area (TPSA) is 52.3 Å². The fourth-order valence-electron chi connectivity index (χ4n) is 0.274. The summed E-state index contributed by atoms with van der Waals surface area (Å²) in [5.74, 6) is -0.340. The fourth-order valence-corrected chi connectivity index (χ4v) is 0.274. The second-order valence-electron chi connectivity index (χ2n) is 1.54. The summed E-state index contributed by atoms with van der Waals surface area (Å²) in [4.78, 5) is 10.4.